The lowest BCUT2D eigenvalue weighted by Crippen LogP contribution is -2.25. The summed E-state index contributed by atoms with van der Waals surface area (Å²) in [6.45, 7) is 0.492. The van der Waals surface area contributed by atoms with Gasteiger partial charge in [-0.15, -0.1) is 0 Å². The molecule has 0 aromatic heterocycles. The lowest BCUT2D eigenvalue weighted by molar-refractivity contribution is 0.0956. The van der Waals surface area contributed by atoms with Gasteiger partial charge in [0.15, 0.2) is 9.84 Å². The number of hydrogen-bond donors (Lipinski definition) is 1. The van der Waals surface area contributed by atoms with E-state index < -0.39 is 9.84 Å². The average molecular weight is 374 g/mol. The third-order valence-electron chi connectivity index (χ3n) is 3.47. The Kier molecular flexibility index (Phi) is 6.62. The van der Waals surface area contributed by atoms with Gasteiger partial charge in [0, 0.05) is 29.9 Å². The van der Waals surface area contributed by atoms with E-state index in [1.54, 1.807) is 17.8 Å². The number of nitriles is 1. The van der Waals surface area contributed by atoms with Gasteiger partial charge < -0.3 is 5.32 Å². The number of carbonyl (C=O) groups is 1. The normalized spacial score (nSPS) is 10.9. The number of thioether (sulfide) groups is 1. The molecule has 2 rings (SSSR count). The molecule has 0 fully saturated rings. The molecule has 0 aliphatic carbocycles. The molecule has 0 radical (unpaired) electrons. The van der Waals surface area contributed by atoms with E-state index >= 15 is 0 Å². The molecule has 1 N–H and O–H groups in total. The monoisotopic (exact) mass is 374 g/mol. The Balaban J connectivity index is 1.78. The van der Waals surface area contributed by atoms with E-state index in [0.717, 1.165) is 11.8 Å². The molecule has 0 saturated heterocycles. The predicted octanol–water partition coefficient (Wildman–Crippen LogP) is 2.62. The van der Waals surface area contributed by atoms with E-state index in [1.807, 2.05) is 18.2 Å². The highest BCUT2D eigenvalue weighted by Crippen LogP contribution is 2.15. The van der Waals surface area contributed by atoms with Crippen molar-refractivity contribution in [2.75, 3.05) is 18.6 Å². The van der Waals surface area contributed by atoms with Crippen LogP contribution in [0.4, 0.5) is 0 Å². The number of hydrogen-bond acceptors (Lipinski definition) is 5. The summed E-state index contributed by atoms with van der Waals surface area (Å²) in [7, 11) is -3.26. The van der Waals surface area contributed by atoms with E-state index in [9.17, 15) is 13.2 Å². The fourth-order valence-corrected chi connectivity index (χ4v) is 3.62. The highest BCUT2D eigenvalue weighted by molar-refractivity contribution is 7.98. The van der Waals surface area contributed by atoms with Crippen molar-refractivity contribution in [2.24, 2.45) is 0 Å². The maximum atomic E-state index is 12.0. The van der Waals surface area contributed by atoms with Crippen molar-refractivity contribution in [1.82, 2.24) is 5.32 Å². The number of benzene rings is 2. The summed E-state index contributed by atoms with van der Waals surface area (Å²) in [5, 5.41) is 11.8. The van der Waals surface area contributed by atoms with Gasteiger partial charge in [0.25, 0.3) is 5.91 Å². The van der Waals surface area contributed by atoms with Crippen LogP contribution < -0.4 is 5.32 Å². The van der Waals surface area contributed by atoms with Gasteiger partial charge in [0.2, 0.25) is 0 Å². The Morgan fingerprint density at radius 2 is 1.84 bits per heavy atom. The SMILES string of the molecule is CS(=O)(=O)c1ccc(C(=O)NCCSCc2ccccc2C#N)cc1. The van der Waals surface area contributed by atoms with Crippen LogP contribution in [0.3, 0.4) is 0 Å². The first-order valence-corrected chi connectivity index (χ1v) is 10.6. The molecule has 25 heavy (non-hydrogen) atoms. The van der Waals surface area contributed by atoms with Crippen LogP contribution in [0.2, 0.25) is 0 Å². The van der Waals surface area contributed by atoms with E-state index in [4.69, 9.17) is 5.26 Å². The minimum absolute atomic E-state index is 0.191. The number of carbonyl (C=O) groups excluding carboxylic acids is 1. The van der Waals surface area contributed by atoms with Crippen molar-refractivity contribution < 1.29 is 13.2 Å². The van der Waals surface area contributed by atoms with Crippen molar-refractivity contribution in [1.29, 1.82) is 5.26 Å². The Labute approximate surface area is 152 Å². The van der Waals surface area contributed by atoms with Gasteiger partial charge in [0.1, 0.15) is 0 Å². The predicted molar refractivity (Wildman–Crippen MR) is 99.2 cm³/mol. The molecule has 0 unspecified atom stereocenters. The largest absolute Gasteiger partial charge is 0.351 e. The maximum absolute atomic E-state index is 12.0. The Hall–Kier alpha value is -2.30. The molecule has 0 spiro atoms. The third kappa shape index (κ3) is 5.62. The molecule has 130 valence electrons. The number of sulfone groups is 1. The van der Waals surface area contributed by atoms with Crippen LogP contribution in [0.25, 0.3) is 0 Å². The molecule has 2 aromatic rings. The summed E-state index contributed by atoms with van der Waals surface area (Å²) in [6.07, 6.45) is 1.13. The van der Waals surface area contributed by atoms with Crippen LogP contribution in [-0.4, -0.2) is 32.9 Å². The van der Waals surface area contributed by atoms with Crippen LogP contribution >= 0.6 is 11.8 Å². The van der Waals surface area contributed by atoms with E-state index in [1.165, 1.54) is 24.3 Å². The molecule has 0 aliphatic rings. The average Bonchev–Trinajstić information content (AvgIpc) is 2.61. The topological polar surface area (TPSA) is 87.0 Å². The van der Waals surface area contributed by atoms with Crippen molar-refractivity contribution >= 4 is 27.5 Å². The van der Waals surface area contributed by atoms with Crippen molar-refractivity contribution in [3.63, 3.8) is 0 Å². The fourth-order valence-electron chi connectivity index (χ4n) is 2.13. The van der Waals surface area contributed by atoms with Gasteiger partial charge in [-0.25, -0.2) is 8.42 Å². The molecule has 7 heteroatoms. The van der Waals surface area contributed by atoms with Gasteiger partial charge in [-0.2, -0.15) is 17.0 Å². The van der Waals surface area contributed by atoms with Crippen molar-refractivity contribution in [2.45, 2.75) is 10.6 Å². The zero-order chi connectivity index (χ0) is 18.3. The lowest BCUT2D eigenvalue weighted by Gasteiger charge is -2.07. The second-order valence-corrected chi connectivity index (χ2v) is 8.49. The van der Waals surface area contributed by atoms with Crippen LogP contribution in [0.1, 0.15) is 21.5 Å². The molecule has 0 bridgehead atoms. The highest BCUT2D eigenvalue weighted by atomic mass is 32.2. The molecule has 0 heterocycles. The summed E-state index contributed by atoms with van der Waals surface area (Å²) in [5.41, 5.74) is 2.08. The Morgan fingerprint density at radius 1 is 1.16 bits per heavy atom. The number of amides is 1. The highest BCUT2D eigenvalue weighted by Gasteiger charge is 2.09. The minimum Gasteiger partial charge on any atom is -0.351 e. The van der Waals surface area contributed by atoms with Crippen molar-refractivity contribution in [3.8, 4) is 6.07 Å². The van der Waals surface area contributed by atoms with E-state index in [-0.39, 0.29) is 10.8 Å². The first-order chi connectivity index (χ1) is 11.9. The summed E-state index contributed by atoms with van der Waals surface area (Å²) in [6, 6.07) is 15.5. The molecule has 0 atom stereocenters. The van der Waals surface area contributed by atoms with Gasteiger partial charge in [-0.1, -0.05) is 18.2 Å². The van der Waals surface area contributed by atoms with E-state index in [0.29, 0.717) is 29.2 Å². The lowest BCUT2D eigenvalue weighted by atomic mass is 10.1. The quantitative estimate of drug-likeness (QED) is 0.753. The second-order valence-electron chi connectivity index (χ2n) is 5.37. The van der Waals surface area contributed by atoms with Gasteiger partial charge in [-0.3, -0.25) is 4.79 Å². The van der Waals surface area contributed by atoms with Crippen LogP contribution in [0.5, 0.6) is 0 Å². The standard InChI is InChI=1S/C18H18N2O3S2/c1-25(22,23)17-8-6-14(7-9-17)18(21)20-10-11-24-13-16-5-3-2-4-15(16)12-19/h2-9H,10-11,13H2,1H3,(H,20,21). The molecule has 1 amide bonds. The minimum atomic E-state index is -3.26. The molecular weight excluding hydrogens is 356 g/mol. The summed E-state index contributed by atoms with van der Waals surface area (Å²) < 4.78 is 22.8. The zero-order valence-electron chi connectivity index (χ0n) is 13.7. The molecule has 0 saturated carbocycles. The molecule has 0 aliphatic heterocycles. The summed E-state index contributed by atoms with van der Waals surface area (Å²) >= 11 is 1.63. The first-order valence-electron chi connectivity index (χ1n) is 7.56. The molecule has 2 aromatic carbocycles. The number of nitrogens with zero attached hydrogens (tertiary/aromatic N) is 1. The first kappa shape index (κ1) is 19.0. The third-order valence-corrected chi connectivity index (χ3v) is 5.61. The van der Waals surface area contributed by atoms with Crippen LogP contribution in [-0.2, 0) is 15.6 Å². The number of rotatable bonds is 7. The molecule has 5 nitrogen and oxygen atoms in total. The maximum Gasteiger partial charge on any atom is 0.251 e. The van der Waals surface area contributed by atoms with Gasteiger partial charge in [0.05, 0.1) is 16.5 Å². The fraction of sp³-hybridized carbons (Fsp3) is 0.222. The Morgan fingerprint density at radius 3 is 2.48 bits per heavy atom. The van der Waals surface area contributed by atoms with Crippen LogP contribution in [0, 0.1) is 11.3 Å². The van der Waals surface area contributed by atoms with Gasteiger partial charge >= 0.3 is 0 Å². The summed E-state index contributed by atoms with van der Waals surface area (Å²) in [4.78, 5) is 12.2. The smallest absolute Gasteiger partial charge is 0.251 e. The van der Waals surface area contributed by atoms with Gasteiger partial charge in [-0.05, 0) is 35.9 Å². The van der Waals surface area contributed by atoms with Crippen molar-refractivity contribution in [3.05, 3.63) is 65.2 Å². The second kappa shape index (κ2) is 8.70. The summed E-state index contributed by atoms with van der Waals surface area (Å²) in [5.74, 6) is 1.19. The molecular formula is C18H18N2O3S2. The zero-order valence-corrected chi connectivity index (χ0v) is 15.4. The van der Waals surface area contributed by atoms with Crippen LogP contribution in [0.15, 0.2) is 53.4 Å². The number of nitrogens with one attached hydrogen (secondary N) is 1. The van der Waals surface area contributed by atoms with E-state index in [2.05, 4.69) is 11.4 Å². The Bertz CT molecular complexity index is 885.